The number of amides is 1. The topological polar surface area (TPSA) is 103 Å². The largest absolute Gasteiger partial charge is 0.465 e. The minimum Gasteiger partial charge on any atom is -0.465 e. The van der Waals surface area contributed by atoms with Crippen molar-refractivity contribution in [1.29, 1.82) is 5.26 Å². The molecule has 0 fully saturated rings. The van der Waals surface area contributed by atoms with Crippen molar-refractivity contribution in [3.05, 3.63) is 84.3 Å². The molecule has 0 aliphatic heterocycles. The number of carbonyl (C=O) groups is 1. The highest BCUT2D eigenvalue weighted by atomic mass is 16.4. The summed E-state index contributed by atoms with van der Waals surface area (Å²) in [4.78, 5) is 17.5. The number of rotatable bonds is 4. The van der Waals surface area contributed by atoms with Gasteiger partial charge in [-0.1, -0.05) is 36.4 Å². The van der Waals surface area contributed by atoms with Crippen molar-refractivity contribution in [2.24, 2.45) is 0 Å². The normalized spacial score (nSPS) is 11.6. The molecule has 1 amide bonds. The van der Waals surface area contributed by atoms with Crippen molar-refractivity contribution >= 4 is 22.7 Å². The standard InChI is InChI=1S/C23H17N5O2/c1-15(16-5-3-2-4-6-16)28(23(29)30)22-19-8-7-18(17-9-11-25-12-10-17)13-20(19)26-27-21(22)14-24/h2-13,15H,1H3,(H,29,30)/t15-/m1/s1. The molecule has 30 heavy (non-hydrogen) atoms. The highest BCUT2D eigenvalue weighted by Gasteiger charge is 2.28. The second-order valence-corrected chi connectivity index (χ2v) is 6.72. The average Bonchev–Trinajstić information content (AvgIpc) is 2.79. The van der Waals surface area contributed by atoms with Crippen LogP contribution in [0.5, 0.6) is 0 Å². The number of nitrogens with zero attached hydrogens (tertiary/aromatic N) is 5. The fourth-order valence-electron chi connectivity index (χ4n) is 3.47. The molecule has 1 atom stereocenters. The summed E-state index contributed by atoms with van der Waals surface area (Å²) in [6, 6.07) is 20.0. The zero-order valence-corrected chi connectivity index (χ0v) is 16.1. The summed E-state index contributed by atoms with van der Waals surface area (Å²) in [6.45, 7) is 1.78. The van der Waals surface area contributed by atoms with Crippen molar-refractivity contribution in [3.63, 3.8) is 0 Å². The SMILES string of the molecule is C[C@H](c1ccccc1)N(C(=O)O)c1c(C#N)nnc2cc(-c3ccncc3)ccc12. The summed E-state index contributed by atoms with van der Waals surface area (Å²) < 4.78 is 0. The Bertz CT molecular complexity index is 1250. The molecule has 7 heteroatoms. The molecule has 7 nitrogen and oxygen atoms in total. The lowest BCUT2D eigenvalue weighted by Gasteiger charge is -2.28. The maximum Gasteiger partial charge on any atom is 0.412 e. The van der Waals surface area contributed by atoms with E-state index in [1.165, 1.54) is 4.90 Å². The van der Waals surface area contributed by atoms with Gasteiger partial charge in [-0.25, -0.2) is 4.79 Å². The number of pyridine rings is 1. The number of aromatic nitrogens is 3. The second kappa shape index (κ2) is 7.97. The van der Waals surface area contributed by atoms with E-state index in [9.17, 15) is 15.2 Å². The minimum absolute atomic E-state index is 0.0376. The van der Waals surface area contributed by atoms with Crippen LogP contribution < -0.4 is 4.90 Å². The Hall–Kier alpha value is -4.31. The van der Waals surface area contributed by atoms with Gasteiger partial charge < -0.3 is 5.11 Å². The van der Waals surface area contributed by atoms with Crippen LogP contribution in [0.25, 0.3) is 22.0 Å². The van der Waals surface area contributed by atoms with Gasteiger partial charge in [-0.05, 0) is 47.9 Å². The molecule has 0 aliphatic carbocycles. The number of carboxylic acid groups (broad SMARTS) is 1. The van der Waals surface area contributed by atoms with Crippen LogP contribution in [0.1, 0.15) is 24.2 Å². The molecule has 4 rings (SSSR count). The quantitative estimate of drug-likeness (QED) is 0.532. The smallest absolute Gasteiger partial charge is 0.412 e. The maximum atomic E-state index is 12.3. The lowest BCUT2D eigenvalue weighted by molar-refractivity contribution is 0.199. The molecule has 0 spiro atoms. The molecule has 0 saturated carbocycles. The van der Waals surface area contributed by atoms with Crippen LogP contribution in [0.4, 0.5) is 10.5 Å². The molecule has 2 aromatic carbocycles. The van der Waals surface area contributed by atoms with E-state index < -0.39 is 12.1 Å². The molecular weight excluding hydrogens is 378 g/mol. The van der Waals surface area contributed by atoms with E-state index in [2.05, 4.69) is 15.2 Å². The third kappa shape index (κ3) is 3.42. The van der Waals surface area contributed by atoms with Gasteiger partial charge in [0.05, 0.1) is 17.2 Å². The molecule has 0 aliphatic rings. The first kappa shape index (κ1) is 19.0. The summed E-state index contributed by atoms with van der Waals surface area (Å²) in [7, 11) is 0. The zero-order valence-electron chi connectivity index (χ0n) is 16.1. The summed E-state index contributed by atoms with van der Waals surface area (Å²) in [6.07, 6.45) is 2.22. The monoisotopic (exact) mass is 395 g/mol. The molecule has 0 radical (unpaired) electrons. The van der Waals surface area contributed by atoms with Gasteiger partial charge in [0.15, 0.2) is 5.69 Å². The summed E-state index contributed by atoms with van der Waals surface area (Å²) >= 11 is 0. The number of anilines is 1. The van der Waals surface area contributed by atoms with Crippen molar-refractivity contribution in [2.75, 3.05) is 4.90 Å². The molecule has 0 bridgehead atoms. The van der Waals surface area contributed by atoms with Crippen molar-refractivity contribution in [1.82, 2.24) is 15.2 Å². The van der Waals surface area contributed by atoms with Crippen LogP contribution in [0.15, 0.2) is 73.1 Å². The van der Waals surface area contributed by atoms with Crippen LogP contribution in [-0.4, -0.2) is 26.4 Å². The summed E-state index contributed by atoms with van der Waals surface area (Å²) in [5.41, 5.74) is 3.35. The summed E-state index contributed by atoms with van der Waals surface area (Å²) in [5.74, 6) is 0. The number of hydrogen-bond donors (Lipinski definition) is 1. The Labute approximate surface area is 172 Å². The second-order valence-electron chi connectivity index (χ2n) is 6.72. The van der Waals surface area contributed by atoms with Gasteiger partial charge in [0.25, 0.3) is 0 Å². The van der Waals surface area contributed by atoms with Gasteiger partial charge >= 0.3 is 6.09 Å². The number of hydrogen-bond acceptors (Lipinski definition) is 5. The number of fused-ring (bicyclic) bond motifs is 1. The van der Waals surface area contributed by atoms with Crippen LogP contribution in [0, 0.1) is 11.3 Å². The van der Waals surface area contributed by atoms with E-state index in [-0.39, 0.29) is 11.4 Å². The van der Waals surface area contributed by atoms with Gasteiger partial charge in [-0.3, -0.25) is 9.88 Å². The first-order valence-electron chi connectivity index (χ1n) is 9.28. The van der Waals surface area contributed by atoms with Gasteiger partial charge in [-0.15, -0.1) is 10.2 Å². The third-order valence-corrected chi connectivity index (χ3v) is 4.97. The van der Waals surface area contributed by atoms with Gasteiger partial charge in [0, 0.05) is 17.8 Å². The van der Waals surface area contributed by atoms with Crippen LogP contribution in [0.2, 0.25) is 0 Å². The van der Waals surface area contributed by atoms with E-state index in [0.29, 0.717) is 10.9 Å². The fraction of sp³-hybridized carbons (Fsp3) is 0.0870. The predicted molar refractivity (Wildman–Crippen MR) is 113 cm³/mol. The van der Waals surface area contributed by atoms with Gasteiger partial charge in [0.1, 0.15) is 6.07 Å². The summed E-state index contributed by atoms with van der Waals surface area (Å²) in [5, 5.41) is 28.4. The average molecular weight is 395 g/mol. The van der Waals surface area contributed by atoms with E-state index in [1.54, 1.807) is 25.4 Å². The number of benzene rings is 2. The Morgan fingerprint density at radius 1 is 1.03 bits per heavy atom. The zero-order chi connectivity index (χ0) is 21.1. The van der Waals surface area contributed by atoms with Gasteiger partial charge in [0.2, 0.25) is 0 Å². The molecule has 2 aromatic heterocycles. The van der Waals surface area contributed by atoms with E-state index in [0.717, 1.165) is 16.7 Å². The van der Waals surface area contributed by atoms with E-state index in [4.69, 9.17) is 0 Å². The molecule has 0 unspecified atom stereocenters. The molecule has 4 aromatic rings. The van der Waals surface area contributed by atoms with Crippen LogP contribution >= 0.6 is 0 Å². The predicted octanol–water partition coefficient (Wildman–Crippen LogP) is 4.81. The Morgan fingerprint density at radius 3 is 2.43 bits per heavy atom. The fourth-order valence-corrected chi connectivity index (χ4v) is 3.47. The highest BCUT2D eigenvalue weighted by molar-refractivity contribution is 6.02. The van der Waals surface area contributed by atoms with Crippen molar-refractivity contribution < 1.29 is 9.90 Å². The van der Waals surface area contributed by atoms with Crippen LogP contribution in [0.3, 0.4) is 0 Å². The Kier molecular flexibility index (Phi) is 5.06. The highest BCUT2D eigenvalue weighted by Crippen LogP contribution is 2.35. The molecular formula is C23H17N5O2. The van der Waals surface area contributed by atoms with E-state index >= 15 is 0 Å². The Balaban J connectivity index is 1.91. The molecule has 2 heterocycles. The first-order chi connectivity index (χ1) is 14.6. The van der Waals surface area contributed by atoms with Gasteiger partial charge in [-0.2, -0.15) is 5.26 Å². The third-order valence-electron chi connectivity index (χ3n) is 4.97. The maximum absolute atomic E-state index is 12.3. The molecule has 1 N–H and O–H groups in total. The first-order valence-corrected chi connectivity index (χ1v) is 9.28. The van der Waals surface area contributed by atoms with Crippen LogP contribution in [-0.2, 0) is 0 Å². The van der Waals surface area contributed by atoms with E-state index in [1.807, 2.05) is 60.7 Å². The minimum atomic E-state index is -1.17. The molecule has 146 valence electrons. The molecule has 0 saturated heterocycles. The van der Waals surface area contributed by atoms with Crippen molar-refractivity contribution in [2.45, 2.75) is 13.0 Å². The van der Waals surface area contributed by atoms with Crippen molar-refractivity contribution in [3.8, 4) is 17.2 Å². The lowest BCUT2D eigenvalue weighted by atomic mass is 10.0. The number of nitriles is 1. The lowest BCUT2D eigenvalue weighted by Crippen LogP contribution is -2.33. The Morgan fingerprint density at radius 2 is 1.77 bits per heavy atom.